The van der Waals surface area contributed by atoms with E-state index in [4.69, 9.17) is 0 Å². The second-order valence-corrected chi connectivity index (χ2v) is 6.27. The molecule has 5 nitrogen and oxygen atoms in total. The molecule has 0 aliphatic rings. The highest BCUT2D eigenvalue weighted by Gasteiger charge is 2.14. The number of anilines is 1. The van der Waals surface area contributed by atoms with Crippen LogP contribution in [0.1, 0.15) is 22.8 Å². The minimum atomic E-state index is -0.0534. The number of nitrogens with one attached hydrogen (secondary N) is 2. The summed E-state index contributed by atoms with van der Waals surface area (Å²) in [4.78, 5) is 26.9. The first kappa shape index (κ1) is 18.7. The van der Waals surface area contributed by atoms with Gasteiger partial charge in [0.2, 0.25) is 0 Å². The Morgan fingerprint density at radius 1 is 1.00 bits per heavy atom. The van der Waals surface area contributed by atoms with E-state index in [9.17, 15) is 9.59 Å². The second-order valence-electron chi connectivity index (χ2n) is 6.27. The van der Waals surface area contributed by atoms with Crippen LogP contribution in [0.25, 0.3) is 0 Å². The molecule has 0 fully saturated rings. The van der Waals surface area contributed by atoms with E-state index in [1.165, 1.54) is 15.4 Å². The minimum absolute atomic E-state index is 0.0283. The van der Waals surface area contributed by atoms with Crippen LogP contribution in [0.4, 0.5) is 5.69 Å². The molecule has 0 radical (unpaired) electrons. The SMILES string of the molecule is CC[NH+](CC(=O)Nc1ccc(C(=O)N(C)C)cc1)Cc1ccccc1. The number of nitrogens with zero attached hydrogens (tertiary/aromatic N) is 1. The van der Waals surface area contributed by atoms with Gasteiger partial charge in [0.05, 0.1) is 6.54 Å². The smallest absolute Gasteiger partial charge is 0.279 e. The fraction of sp³-hybridized carbons (Fsp3) is 0.300. The van der Waals surface area contributed by atoms with Crippen molar-refractivity contribution in [3.8, 4) is 0 Å². The van der Waals surface area contributed by atoms with E-state index in [1.807, 2.05) is 18.2 Å². The second kappa shape index (κ2) is 8.99. The lowest BCUT2D eigenvalue weighted by molar-refractivity contribution is -0.903. The molecule has 0 bridgehead atoms. The Labute approximate surface area is 149 Å². The number of carbonyl (C=O) groups is 2. The number of benzene rings is 2. The van der Waals surface area contributed by atoms with E-state index in [0.717, 1.165) is 13.1 Å². The Morgan fingerprint density at radius 3 is 2.20 bits per heavy atom. The molecule has 1 unspecified atom stereocenters. The van der Waals surface area contributed by atoms with Gasteiger partial charge in [0.25, 0.3) is 11.8 Å². The zero-order valence-corrected chi connectivity index (χ0v) is 15.1. The summed E-state index contributed by atoms with van der Waals surface area (Å²) in [5.41, 5.74) is 2.53. The van der Waals surface area contributed by atoms with Crippen LogP contribution >= 0.6 is 0 Å². The number of quaternary nitrogens is 1. The van der Waals surface area contributed by atoms with Crippen molar-refractivity contribution in [3.05, 3.63) is 65.7 Å². The number of likely N-dealkylation sites (N-methyl/N-ethyl adjacent to an activating group) is 1. The zero-order valence-electron chi connectivity index (χ0n) is 15.1. The quantitative estimate of drug-likeness (QED) is 0.801. The van der Waals surface area contributed by atoms with Gasteiger partial charge in [-0.3, -0.25) is 9.59 Å². The summed E-state index contributed by atoms with van der Waals surface area (Å²) in [6, 6.07) is 17.2. The summed E-state index contributed by atoms with van der Waals surface area (Å²) in [5.74, 6) is -0.0817. The lowest BCUT2D eigenvalue weighted by atomic mass is 10.2. The predicted octanol–water partition coefficient (Wildman–Crippen LogP) is 1.43. The molecular weight excluding hydrogens is 314 g/mol. The van der Waals surface area contributed by atoms with Crippen LogP contribution < -0.4 is 10.2 Å². The molecule has 2 aromatic rings. The van der Waals surface area contributed by atoms with Gasteiger partial charge in [0, 0.05) is 30.9 Å². The number of carbonyl (C=O) groups excluding carboxylic acids is 2. The van der Waals surface area contributed by atoms with Crippen molar-refractivity contribution in [1.82, 2.24) is 4.90 Å². The first-order valence-electron chi connectivity index (χ1n) is 8.48. The van der Waals surface area contributed by atoms with Gasteiger partial charge in [-0.25, -0.2) is 0 Å². The van der Waals surface area contributed by atoms with Crippen LogP contribution in [0.2, 0.25) is 0 Å². The van der Waals surface area contributed by atoms with Crippen LogP contribution in [-0.4, -0.2) is 43.9 Å². The minimum Gasteiger partial charge on any atom is -0.345 e. The van der Waals surface area contributed by atoms with Crippen LogP contribution in [0.15, 0.2) is 54.6 Å². The Kier molecular flexibility index (Phi) is 6.71. The molecule has 5 heteroatoms. The predicted molar refractivity (Wildman–Crippen MR) is 99.6 cm³/mol. The summed E-state index contributed by atoms with van der Waals surface area (Å²) in [7, 11) is 3.43. The molecule has 2 aromatic carbocycles. The maximum atomic E-state index is 12.3. The van der Waals surface area contributed by atoms with Gasteiger partial charge >= 0.3 is 0 Å². The fourth-order valence-electron chi connectivity index (χ4n) is 2.58. The van der Waals surface area contributed by atoms with Gasteiger partial charge < -0.3 is 15.1 Å². The molecule has 0 aliphatic heterocycles. The maximum Gasteiger partial charge on any atom is 0.279 e. The zero-order chi connectivity index (χ0) is 18.2. The highest BCUT2D eigenvalue weighted by molar-refractivity contribution is 5.95. The molecule has 1 atom stereocenters. The number of rotatable bonds is 7. The Bertz CT molecular complexity index is 697. The molecule has 2 N–H and O–H groups in total. The largest absolute Gasteiger partial charge is 0.345 e. The third-order valence-electron chi connectivity index (χ3n) is 4.03. The highest BCUT2D eigenvalue weighted by Crippen LogP contribution is 2.10. The molecule has 0 saturated heterocycles. The molecule has 2 amide bonds. The topological polar surface area (TPSA) is 53.9 Å². The third-order valence-corrected chi connectivity index (χ3v) is 4.03. The molecule has 132 valence electrons. The average Bonchev–Trinajstić information content (AvgIpc) is 2.62. The van der Waals surface area contributed by atoms with E-state index in [1.54, 1.807) is 38.4 Å². The van der Waals surface area contributed by atoms with Gasteiger partial charge in [-0.05, 0) is 31.2 Å². The summed E-state index contributed by atoms with van der Waals surface area (Å²) >= 11 is 0. The molecule has 0 aromatic heterocycles. The Hall–Kier alpha value is -2.66. The van der Waals surface area contributed by atoms with E-state index >= 15 is 0 Å². The monoisotopic (exact) mass is 340 g/mol. The van der Waals surface area contributed by atoms with Crippen molar-refractivity contribution >= 4 is 17.5 Å². The lowest BCUT2D eigenvalue weighted by Crippen LogP contribution is -3.11. The van der Waals surface area contributed by atoms with Gasteiger partial charge in [-0.15, -0.1) is 0 Å². The lowest BCUT2D eigenvalue weighted by Gasteiger charge is -2.17. The third kappa shape index (κ3) is 5.72. The van der Waals surface area contributed by atoms with Gasteiger partial charge in [0.1, 0.15) is 6.54 Å². The molecule has 0 aliphatic carbocycles. The van der Waals surface area contributed by atoms with E-state index in [2.05, 4.69) is 24.4 Å². The van der Waals surface area contributed by atoms with Crippen LogP contribution in [0.5, 0.6) is 0 Å². The maximum absolute atomic E-state index is 12.3. The van der Waals surface area contributed by atoms with Crippen molar-refractivity contribution in [3.63, 3.8) is 0 Å². The standard InChI is InChI=1S/C20H25N3O2/c1-4-23(14-16-8-6-5-7-9-16)15-19(24)21-18-12-10-17(11-13-18)20(25)22(2)3/h5-13H,4,14-15H2,1-3H3,(H,21,24)/p+1. The molecule has 0 saturated carbocycles. The number of hydrogen-bond donors (Lipinski definition) is 2. The molecule has 2 rings (SSSR count). The fourth-order valence-corrected chi connectivity index (χ4v) is 2.58. The van der Waals surface area contributed by atoms with Gasteiger partial charge in [-0.2, -0.15) is 0 Å². The van der Waals surface area contributed by atoms with Crippen LogP contribution in [-0.2, 0) is 11.3 Å². The first-order chi connectivity index (χ1) is 12.0. The molecule has 0 spiro atoms. The van der Waals surface area contributed by atoms with Gasteiger partial charge in [-0.1, -0.05) is 30.3 Å². The van der Waals surface area contributed by atoms with Crippen molar-refractivity contribution in [2.75, 3.05) is 32.5 Å². The van der Waals surface area contributed by atoms with Crippen molar-refractivity contribution < 1.29 is 14.5 Å². The normalized spacial score (nSPS) is 11.6. The first-order valence-corrected chi connectivity index (χ1v) is 8.48. The number of hydrogen-bond acceptors (Lipinski definition) is 2. The molecule has 0 heterocycles. The summed E-state index contributed by atoms with van der Waals surface area (Å²) in [5, 5.41) is 2.90. The Morgan fingerprint density at radius 2 is 1.64 bits per heavy atom. The summed E-state index contributed by atoms with van der Waals surface area (Å²) in [6.45, 7) is 4.18. The van der Waals surface area contributed by atoms with E-state index in [-0.39, 0.29) is 11.8 Å². The van der Waals surface area contributed by atoms with Crippen molar-refractivity contribution in [2.24, 2.45) is 0 Å². The van der Waals surface area contributed by atoms with Gasteiger partial charge in [0.15, 0.2) is 6.54 Å². The van der Waals surface area contributed by atoms with Crippen molar-refractivity contribution in [1.29, 1.82) is 0 Å². The van der Waals surface area contributed by atoms with Crippen LogP contribution in [0.3, 0.4) is 0 Å². The molecule has 25 heavy (non-hydrogen) atoms. The van der Waals surface area contributed by atoms with E-state index in [0.29, 0.717) is 17.8 Å². The van der Waals surface area contributed by atoms with E-state index < -0.39 is 0 Å². The number of amides is 2. The highest BCUT2D eigenvalue weighted by atomic mass is 16.2. The summed E-state index contributed by atoms with van der Waals surface area (Å²) in [6.07, 6.45) is 0. The Balaban J connectivity index is 1.91. The van der Waals surface area contributed by atoms with Crippen molar-refractivity contribution in [2.45, 2.75) is 13.5 Å². The molecular formula is C20H26N3O2+. The summed E-state index contributed by atoms with van der Waals surface area (Å²) < 4.78 is 0. The van der Waals surface area contributed by atoms with Crippen LogP contribution in [0, 0.1) is 0 Å². The average molecular weight is 340 g/mol.